The number of hydrogen-bond donors (Lipinski definition) is 2. The van der Waals surface area contributed by atoms with Gasteiger partial charge in [-0.1, -0.05) is 13.3 Å². The highest BCUT2D eigenvalue weighted by atomic mass is 16.6. The van der Waals surface area contributed by atoms with Crippen LogP contribution < -0.4 is 0 Å². The van der Waals surface area contributed by atoms with Gasteiger partial charge in [0.1, 0.15) is 6.61 Å². The second-order valence-corrected chi connectivity index (χ2v) is 8.75. The van der Waals surface area contributed by atoms with Gasteiger partial charge in [0.2, 0.25) is 0 Å². The molecule has 2 aliphatic carbocycles. The lowest BCUT2D eigenvalue weighted by Gasteiger charge is -2.63. The Morgan fingerprint density at radius 2 is 2.23 bits per heavy atom. The molecule has 6 heteroatoms. The summed E-state index contributed by atoms with van der Waals surface area (Å²) in [6.45, 7) is 2.40. The summed E-state index contributed by atoms with van der Waals surface area (Å²) in [4.78, 5) is 13.1. The molecule has 3 heterocycles. The Labute approximate surface area is 152 Å². The molecule has 0 radical (unpaired) electrons. The molecule has 2 bridgehead atoms. The lowest BCUT2D eigenvalue weighted by molar-refractivity contribution is -0.238. The molecule has 2 saturated heterocycles. The first-order valence-corrected chi connectivity index (χ1v) is 9.71. The van der Waals surface area contributed by atoms with Gasteiger partial charge >= 0.3 is 5.97 Å². The maximum atomic E-state index is 13.1. The summed E-state index contributed by atoms with van der Waals surface area (Å²) in [5.74, 6) is -0.0903. The molecule has 1 aromatic rings. The number of carbonyl (C=O) groups is 1. The minimum Gasteiger partial charge on any atom is -0.472 e. The Morgan fingerprint density at radius 1 is 1.38 bits per heavy atom. The summed E-state index contributed by atoms with van der Waals surface area (Å²) in [5, 5.41) is 21.4. The lowest BCUT2D eigenvalue weighted by atomic mass is 9.42. The molecule has 0 unspecified atom stereocenters. The van der Waals surface area contributed by atoms with Crippen molar-refractivity contribution in [1.29, 1.82) is 0 Å². The minimum absolute atomic E-state index is 0.0114. The molecule has 0 amide bonds. The number of rotatable bonds is 3. The zero-order chi connectivity index (χ0) is 18.1. The molecular weight excluding hydrogens is 336 g/mol. The molecule has 2 saturated carbocycles. The summed E-state index contributed by atoms with van der Waals surface area (Å²) < 4.78 is 16.8. The van der Waals surface area contributed by atoms with Gasteiger partial charge in [0.05, 0.1) is 30.1 Å². The van der Waals surface area contributed by atoms with Gasteiger partial charge in [-0.2, -0.15) is 0 Å². The van der Waals surface area contributed by atoms with Gasteiger partial charge < -0.3 is 24.1 Å². The van der Waals surface area contributed by atoms with Crippen LogP contribution in [0, 0.1) is 28.6 Å². The molecule has 2 aliphatic heterocycles. The molecule has 4 aliphatic rings. The summed E-state index contributed by atoms with van der Waals surface area (Å²) in [5.41, 5.74) is -0.359. The number of furan rings is 1. The Bertz CT molecular complexity index is 701. The molecule has 6 nitrogen and oxygen atoms in total. The van der Waals surface area contributed by atoms with Crippen molar-refractivity contribution in [2.75, 3.05) is 6.61 Å². The summed E-state index contributed by atoms with van der Waals surface area (Å²) in [7, 11) is 0. The summed E-state index contributed by atoms with van der Waals surface area (Å²) in [6, 6.07) is 1.74. The minimum atomic E-state index is -0.776. The van der Waals surface area contributed by atoms with Crippen LogP contribution in [0.5, 0.6) is 0 Å². The predicted molar refractivity (Wildman–Crippen MR) is 89.6 cm³/mol. The maximum Gasteiger partial charge on any atom is 0.312 e. The van der Waals surface area contributed by atoms with Gasteiger partial charge in [0.15, 0.2) is 6.29 Å². The normalized spacial score (nSPS) is 48.0. The van der Waals surface area contributed by atoms with Crippen molar-refractivity contribution in [2.24, 2.45) is 28.6 Å². The van der Waals surface area contributed by atoms with Crippen molar-refractivity contribution in [3.05, 3.63) is 24.2 Å². The standard InChI is InChI=1S/C20H26O6/c1-11-7-16-20-10-25-18(23)19(11,8-14(21)12-5-6-24-9-12)15(20)4-2-3-13(20)17(22)26-16/h5-6,9,11,13-17,21-22H,2-4,7-8,10H2,1H3/t11-,13-,14+,15-,16-,17+,19-,20+/m1/s1. The van der Waals surface area contributed by atoms with Crippen LogP contribution in [0.2, 0.25) is 0 Å². The van der Waals surface area contributed by atoms with Crippen LogP contribution in [-0.4, -0.2) is 35.2 Å². The highest BCUT2D eigenvalue weighted by Gasteiger charge is 2.74. The fraction of sp³-hybridized carbons (Fsp3) is 0.750. The zero-order valence-corrected chi connectivity index (χ0v) is 15.0. The van der Waals surface area contributed by atoms with Crippen LogP contribution in [0.25, 0.3) is 0 Å². The molecular formula is C20H26O6. The van der Waals surface area contributed by atoms with Crippen LogP contribution in [0.15, 0.2) is 23.0 Å². The predicted octanol–water partition coefficient (Wildman–Crippen LogP) is 2.41. The summed E-state index contributed by atoms with van der Waals surface area (Å²) in [6.07, 6.45) is 5.28. The van der Waals surface area contributed by atoms with E-state index < -0.39 is 17.8 Å². The van der Waals surface area contributed by atoms with Crippen molar-refractivity contribution in [1.82, 2.24) is 0 Å². The Kier molecular flexibility index (Phi) is 3.59. The van der Waals surface area contributed by atoms with Gasteiger partial charge in [-0.15, -0.1) is 0 Å². The maximum absolute atomic E-state index is 13.1. The Morgan fingerprint density at radius 3 is 3.00 bits per heavy atom. The van der Waals surface area contributed by atoms with E-state index in [4.69, 9.17) is 13.9 Å². The van der Waals surface area contributed by atoms with E-state index in [1.807, 2.05) is 0 Å². The van der Waals surface area contributed by atoms with E-state index in [1.165, 1.54) is 12.5 Å². The van der Waals surface area contributed by atoms with Crippen LogP contribution in [-0.2, 0) is 14.3 Å². The first kappa shape index (κ1) is 16.8. The van der Waals surface area contributed by atoms with Crippen LogP contribution >= 0.6 is 0 Å². The van der Waals surface area contributed by atoms with Crippen molar-refractivity contribution in [3.8, 4) is 0 Å². The molecule has 4 fully saturated rings. The van der Waals surface area contributed by atoms with Crippen LogP contribution in [0.4, 0.5) is 0 Å². The number of carbonyl (C=O) groups excluding carboxylic acids is 1. The van der Waals surface area contributed by atoms with Crippen molar-refractivity contribution >= 4 is 5.97 Å². The van der Waals surface area contributed by atoms with E-state index >= 15 is 0 Å². The van der Waals surface area contributed by atoms with Crippen molar-refractivity contribution in [3.63, 3.8) is 0 Å². The largest absolute Gasteiger partial charge is 0.472 e. The fourth-order valence-corrected chi connectivity index (χ4v) is 6.78. The van der Waals surface area contributed by atoms with E-state index in [9.17, 15) is 15.0 Å². The molecule has 26 heavy (non-hydrogen) atoms. The number of cyclic esters (lactones) is 1. The van der Waals surface area contributed by atoms with E-state index in [0.717, 1.165) is 25.7 Å². The number of ether oxygens (including phenoxy) is 2. The van der Waals surface area contributed by atoms with Crippen LogP contribution in [0.3, 0.4) is 0 Å². The first-order chi connectivity index (χ1) is 12.5. The topological polar surface area (TPSA) is 89.1 Å². The smallest absolute Gasteiger partial charge is 0.312 e. The third kappa shape index (κ3) is 1.90. The molecule has 1 aromatic heterocycles. The number of aliphatic hydroxyl groups excluding tert-OH is 2. The average molecular weight is 362 g/mol. The van der Waals surface area contributed by atoms with Gasteiger partial charge in [-0.3, -0.25) is 4.79 Å². The quantitative estimate of drug-likeness (QED) is 0.803. The Hall–Kier alpha value is -1.37. The first-order valence-electron chi connectivity index (χ1n) is 9.71. The summed E-state index contributed by atoms with van der Waals surface area (Å²) >= 11 is 0. The van der Waals surface area contributed by atoms with E-state index in [1.54, 1.807) is 6.07 Å². The van der Waals surface area contributed by atoms with E-state index in [0.29, 0.717) is 18.6 Å². The third-order valence-electron chi connectivity index (χ3n) is 7.96. The van der Waals surface area contributed by atoms with Crippen LogP contribution in [0.1, 0.15) is 50.7 Å². The number of aliphatic hydroxyl groups is 2. The lowest BCUT2D eigenvalue weighted by Crippen LogP contribution is -2.67. The van der Waals surface area contributed by atoms with Crippen molar-refractivity contribution < 1.29 is 28.9 Å². The second-order valence-electron chi connectivity index (χ2n) is 8.75. The van der Waals surface area contributed by atoms with Gasteiger partial charge in [0, 0.05) is 16.9 Å². The molecule has 8 atom stereocenters. The molecule has 142 valence electrons. The highest BCUT2D eigenvalue weighted by Crippen LogP contribution is 2.70. The zero-order valence-electron chi connectivity index (χ0n) is 15.0. The molecule has 0 aromatic carbocycles. The average Bonchev–Trinajstić information content (AvgIpc) is 3.24. The van der Waals surface area contributed by atoms with E-state index in [2.05, 4.69) is 6.92 Å². The number of esters is 1. The second kappa shape index (κ2) is 5.57. The monoisotopic (exact) mass is 362 g/mol. The van der Waals surface area contributed by atoms with Gasteiger partial charge in [-0.25, -0.2) is 0 Å². The van der Waals surface area contributed by atoms with Gasteiger partial charge in [-0.05, 0) is 43.6 Å². The SMILES string of the molecule is C[C@@H]1C[C@H]2O[C@H](O)[C@H]3CCC[C@@H]4[C@]1(C[C@H](O)c1ccoc1)C(=O)OC[C@]342. The number of hydrogen-bond acceptors (Lipinski definition) is 6. The molecule has 1 spiro atoms. The Balaban J connectivity index is 1.59. The van der Waals surface area contributed by atoms with Crippen molar-refractivity contribution in [2.45, 2.75) is 57.5 Å². The fourth-order valence-electron chi connectivity index (χ4n) is 6.78. The third-order valence-corrected chi connectivity index (χ3v) is 7.96. The highest BCUT2D eigenvalue weighted by molar-refractivity contribution is 5.79. The molecule has 5 rings (SSSR count). The van der Waals surface area contributed by atoms with E-state index in [-0.39, 0.29) is 35.2 Å². The van der Waals surface area contributed by atoms with Gasteiger partial charge in [0.25, 0.3) is 0 Å². The molecule has 2 N–H and O–H groups in total.